The predicted octanol–water partition coefficient (Wildman–Crippen LogP) is 1.91. The summed E-state index contributed by atoms with van der Waals surface area (Å²) in [4.78, 5) is 15.2. The van der Waals surface area contributed by atoms with Crippen LogP contribution in [0.3, 0.4) is 0 Å². The van der Waals surface area contributed by atoms with E-state index in [1.807, 2.05) is 12.1 Å². The lowest BCUT2D eigenvalue weighted by Crippen LogP contribution is -2.41. The molecule has 1 aliphatic carbocycles. The second-order valence-corrected chi connectivity index (χ2v) is 6.50. The fourth-order valence-electron chi connectivity index (χ4n) is 3.63. The van der Waals surface area contributed by atoms with Gasteiger partial charge < -0.3 is 19.5 Å². The summed E-state index contributed by atoms with van der Waals surface area (Å²) >= 11 is 0. The third-order valence-electron chi connectivity index (χ3n) is 5.04. The molecule has 5 heteroatoms. The SMILES string of the molecule is COc1cc2c(cc1OC)C(=O)C(CN1CCC(O)CC1)CC2. The maximum Gasteiger partial charge on any atom is 0.167 e. The summed E-state index contributed by atoms with van der Waals surface area (Å²) in [5.41, 5.74) is 1.83. The van der Waals surface area contributed by atoms with E-state index in [2.05, 4.69) is 4.90 Å². The number of fused-ring (bicyclic) bond motifs is 1. The summed E-state index contributed by atoms with van der Waals surface area (Å²) in [7, 11) is 3.20. The van der Waals surface area contributed by atoms with Gasteiger partial charge >= 0.3 is 0 Å². The third kappa shape index (κ3) is 3.35. The number of hydrogen-bond acceptors (Lipinski definition) is 5. The summed E-state index contributed by atoms with van der Waals surface area (Å²) in [5.74, 6) is 1.54. The molecule has 0 spiro atoms. The van der Waals surface area contributed by atoms with Crippen molar-refractivity contribution in [2.24, 2.45) is 5.92 Å². The normalized spacial score (nSPS) is 22.7. The topological polar surface area (TPSA) is 59.0 Å². The van der Waals surface area contributed by atoms with Crippen LogP contribution in [0.15, 0.2) is 12.1 Å². The number of aryl methyl sites for hydroxylation is 1. The quantitative estimate of drug-likeness (QED) is 0.918. The Balaban J connectivity index is 1.75. The van der Waals surface area contributed by atoms with E-state index in [0.717, 1.165) is 56.4 Å². The van der Waals surface area contributed by atoms with E-state index in [4.69, 9.17) is 9.47 Å². The molecule has 0 aromatic heterocycles. The molecule has 0 amide bonds. The second kappa shape index (κ2) is 6.89. The number of aliphatic hydroxyl groups is 1. The number of ketones is 1. The summed E-state index contributed by atoms with van der Waals surface area (Å²) in [6.45, 7) is 2.55. The molecule has 1 N–H and O–H groups in total. The fraction of sp³-hybridized carbons (Fsp3) is 0.611. The van der Waals surface area contributed by atoms with Crippen molar-refractivity contribution in [1.82, 2.24) is 4.90 Å². The molecule has 1 aromatic rings. The van der Waals surface area contributed by atoms with Crippen LogP contribution in [-0.2, 0) is 6.42 Å². The van der Waals surface area contributed by atoms with Crippen LogP contribution in [0.5, 0.6) is 11.5 Å². The Morgan fingerprint density at radius 2 is 1.78 bits per heavy atom. The van der Waals surface area contributed by atoms with E-state index < -0.39 is 0 Å². The molecule has 0 radical (unpaired) electrons. The van der Waals surface area contributed by atoms with Crippen molar-refractivity contribution in [3.63, 3.8) is 0 Å². The predicted molar refractivity (Wildman–Crippen MR) is 87.4 cm³/mol. The van der Waals surface area contributed by atoms with Gasteiger partial charge in [0.15, 0.2) is 17.3 Å². The molecule has 1 atom stereocenters. The molecule has 1 aliphatic heterocycles. The highest BCUT2D eigenvalue weighted by Gasteiger charge is 2.31. The molecule has 1 aromatic carbocycles. The maximum absolute atomic E-state index is 12.9. The number of carbonyl (C=O) groups excluding carboxylic acids is 1. The highest BCUT2D eigenvalue weighted by Crippen LogP contribution is 2.36. The van der Waals surface area contributed by atoms with Crippen LogP contribution in [0.1, 0.15) is 35.2 Å². The summed E-state index contributed by atoms with van der Waals surface area (Å²) < 4.78 is 10.7. The molecule has 0 bridgehead atoms. The average molecular weight is 319 g/mol. The molecule has 0 saturated carbocycles. The van der Waals surface area contributed by atoms with Gasteiger partial charge in [0.2, 0.25) is 0 Å². The minimum Gasteiger partial charge on any atom is -0.493 e. The van der Waals surface area contributed by atoms with Crippen molar-refractivity contribution in [1.29, 1.82) is 0 Å². The first-order valence-corrected chi connectivity index (χ1v) is 8.32. The number of carbonyl (C=O) groups is 1. The van der Waals surface area contributed by atoms with Gasteiger partial charge in [-0.2, -0.15) is 0 Å². The first-order chi connectivity index (χ1) is 11.1. The Labute approximate surface area is 137 Å². The van der Waals surface area contributed by atoms with Crippen LogP contribution in [0.2, 0.25) is 0 Å². The van der Waals surface area contributed by atoms with E-state index in [0.29, 0.717) is 11.5 Å². The van der Waals surface area contributed by atoms with Gasteiger partial charge in [-0.25, -0.2) is 0 Å². The zero-order chi connectivity index (χ0) is 16.4. The molecule has 1 saturated heterocycles. The van der Waals surface area contributed by atoms with E-state index >= 15 is 0 Å². The van der Waals surface area contributed by atoms with E-state index in [9.17, 15) is 9.90 Å². The Kier molecular flexibility index (Phi) is 4.87. The molecular formula is C18H25NO4. The van der Waals surface area contributed by atoms with Crippen molar-refractivity contribution in [2.45, 2.75) is 31.8 Å². The van der Waals surface area contributed by atoms with Crippen LogP contribution >= 0.6 is 0 Å². The average Bonchev–Trinajstić information content (AvgIpc) is 2.58. The molecule has 1 unspecified atom stereocenters. The number of Topliss-reactive ketones (excluding diaryl/α,β-unsaturated/α-hetero) is 1. The maximum atomic E-state index is 12.9. The minimum atomic E-state index is -0.175. The highest BCUT2D eigenvalue weighted by molar-refractivity contribution is 6.01. The number of hydrogen-bond donors (Lipinski definition) is 1. The monoisotopic (exact) mass is 319 g/mol. The lowest BCUT2D eigenvalue weighted by molar-refractivity contribution is 0.0659. The highest BCUT2D eigenvalue weighted by atomic mass is 16.5. The number of methoxy groups -OCH3 is 2. The molecule has 1 heterocycles. The first-order valence-electron chi connectivity index (χ1n) is 8.32. The fourth-order valence-corrected chi connectivity index (χ4v) is 3.63. The van der Waals surface area contributed by atoms with Gasteiger partial charge in [0.1, 0.15) is 0 Å². The number of likely N-dealkylation sites (tertiary alicyclic amines) is 1. The van der Waals surface area contributed by atoms with Crippen LogP contribution in [-0.4, -0.2) is 55.7 Å². The number of ether oxygens (including phenoxy) is 2. The van der Waals surface area contributed by atoms with Crippen molar-refractivity contribution in [3.8, 4) is 11.5 Å². The van der Waals surface area contributed by atoms with Gasteiger partial charge in [-0.15, -0.1) is 0 Å². The number of aliphatic hydroxyl groups excluding tert-OH is 1. The van der Waals surface area contributed by atoms with E-state index in [1.165, 1.54) is 0 Å². The van der Waals surface area contributed by atoms with Crippen molar-refractivity contribution in [2.75, 3.05) is 33.9 Å². The number of rotatable bonds is 4. The Hall–Kier alpha value is -1.59. The lowest BCUT2D eigenvalue weighted by atomic mass is 9.82. The molecule has 2 aliphatic rings. The molecular weight excluding hydrogens is 294 g/mol. The minimum absolute atomic E-state index is 0.0378. The Morgan fingerprint density at radius 3 is 2.43 bits per heavy atom. The van der Waals surface area contributed by atoms with Crippen molar-refractivity contribution in [3.05, 3.63) is 23.3 Å². The van der Waals surface area contributed by atoms with E-state index in [1.54, 1.807) is 14.2 Å². The molecule has 1 fully saturated rings. The summed E-state index contributed by atoms with van der Waals surface area (Å²) in [6.07, 6.45) is 3.21. The van der Waals surface area contributed by atoms with Gasteiger partial charge in [0.05, 0.1) is 20.3 Å². The Morgan fingerprint density at radius 1 is 1.13 bits per heavy atom. The van der Waals surface area contributed by atoms with Crippen molar-refractivity contribution >= 4 is 5.78 Å². The van der Waals surface area contributed by atoms with Crippen LogP contribution < -0.4 is 9.47 Å². The summed E-state index contributed by atoms with van der Waals surface area (Å²) in [6, 6.07) is 3.75. The van der Waals surface area contributed by atoms with Gasteiger partial charge in [-0.3, -0.25) is 4.79 Å². The number of nitrogens with zero attached hydrogens (tertiary/aromatic N) is 1. The zero-order valence-electron chi connectivity index (χ0n) is 13.9. The largest absolute Gasteiger partial charge is 0.493 e. The molecule has 126 valence electrons. The van der Waals surface area contributed by atoms with E-state index in [-0.39, 0.29) is 17.8 Å². The third-order valence-corrected chi connectivity index (χ3v) is 5.04. The lowest BCUT2D eigenvalue weighted by Gasteiger charge is -2.33. The van der Waals surface area contributed by atoms with Crippen LogP contribution in [0.25, 0.3) is 0 Å². The zero-order valence-corrected chi connectivity index (χ0v) is 13.9. The smallest absolute Gasteiger partial charge is 0.167 e. The number of benzene rings is 1. The Bertz CT molecular complexity index is 579. The second-order valence-electron chi connectivity index (χ2n) is 6.50. The van der Waals surface area contributed by atoms with Gasteiger partial charge in [-0.05, 0) is 43.4 Å². The standard InChI is InChI=1S/C18H25NO4/c1-22-16-9-12-3-4-13(11-19-7-5-14(20)6-8-19)18(21)15(12)10-17(16)23-2/h9-10,13-14,20H,3-8,11H2,1-2H3. The summed E-state index contributed by atoms with van der Waals surface area (Å²) in [5, 5.41) is 9.60. The number of piperidine rings is 1. The first kappa shape index (κ1) is 16.3. The molecule has 5 nitrogen and oxygen atoms in total. The molecule has 3 rings (SSSR count). The van der Waals surface area contributed by atoms with Crippen LogP contribution in [0.4, 0.5) is 0 Å². The van der Waals surface area contributed by atoms with Gasteiger partial charge in [-0.1, -0.05) is 0 Å². The van der Waals surface area contributed by atoms with Crippen molar-refractivity contribution < 1.29 is 19.4 Å². The van der Waals surface area contributed by atoms with Gasteiger partial charge in [0, 0.05) is 31.1 Å². The molecule has 23 heavy (non-hydrogen) atoms. The van der Waals surface area contributed by atoms with Crippen LogP contribution in [0, 0.1) is 5.92 Å². The van der Waals surface area contributed by atoms with Gasteiger partial charge in [0.25, 0.3) is 0 Å².